The number of benzene rings is 1. The molecule has 0 fully saturated rings. The second-order valence-corrected chi connectivity index (χ2v) is 8.33. The van der Waals surface area contributed by atoms with Gasteiger partial charge in [-0.2, -0.15) is 0 Å². The number of nitrogens with zero attached hydrogens (tertiary/aromatic N) is 3. The van der Waals surface area contributed by atoms with Crippen molar-refractivity contribution in [3.8, 4) is 0 Å². The lowest BCUT2D eigenvalue weighted by atomic mass is 10.3. The Hall–Kier alpha value is -1.45. The van der Waals surface area contributed by atoms with E-state index in [9.17, 15) is 4.79 Å². The molecular weight excluding hydrogens is 441 g/mol. The van der Waals surface area contributed by atoms with E-state index in [1.54, 1.807) is 15.9 Å². The molecule has 0 bridgehead atoms. The van der Waals surface area contributed by atoms with Crippen molar-refractivity contribution in [2.24, 2.45) is 4.99 Å². The maximum Gasteiger partial charge on any atom is 0.271 e. The Balaban J connectivity index is 1.72. The predicted octanol–water partition coefficient (Wildman–Crippen LogP) is 2.46. The molecule has 1 aliphatic rings. The molecule has 116 valence electrons. The quantitative estimate of drug-likeness (QED) is 0.560. The average Bonchev–Trinajstić information content (AvgIpc) is 3.17. The number of thiophene rings is 1. The Morgan fingerprint density at radius 1 is 1.22 bits per heavy atom. The highest BCUT2D eigenvalue weighted by Crippen LogP contribution is 2.17. The number of hydrogen-bond acceptors (Lipinski definition) is 5. The molecule has 0 atom stereocenters. The maximum atomic E-state index is 12.6. The molecule has 2 aromatic heterocycles. The Morgan fingerprint density at radius 3 is 2.78 bits per heavy atom. The summed E-state index contributed by atoms with van der Waals surface area (Å²) in [5.41, 5.74) is 1.12. The number of rotatable bonds is 2. The Bertz CT molecular complexity index is 1000. The van der Waals surface area contributed by atoms with E-state index in [2.05, 4.69) is 56.7 Å². The zero-order valence-electron chi connectivity index (χ0n) is 12.0. The van der Waals surface area contributed by atoms with Gasteiger partial charge in [0, 0.05) is 14.1 Å². The minimum atomic E-state index is 0.0392. The van der Waals surface area contributed by atoms with Crippen molar-refractivity contribution in [3.05, 3.63) is 69.9 Å². The van der Waals surface area contributed by atoms with Gasteiger partial charge in [0.2, 0.25) is 0 Å². The lowest BCUT2D eigenvalue weighted by molar-refractivity contribution is 0.569. The summed E-state index contributed by atoms with van der Waals surface area (Å²) in [7, 11) is 0. The van der Waals surface area contributed by atoms with Gasteiger partial charge in [0.25, 0.3) is 5.56 Å². The molecule has 0 aliphatic carbocycles. The molecule has 1 aromatic carbocycles. The van der Waals surface area contributed by atoms with Gasteiger partial charge in [0.1, 0.15) is 13.3 Å². The molecule has 4 rings (SSSR count). The third-order valence-electron chi connectivity index (χ3n) is 3.59. The molecule has 0 radical (unpaired) electrons. The van der Waals surface area contributed by atoms with Gasteiger partial charge in [0.15, 0.2) is 4.80 Å². The third kappa shape index (κ3) is 3.00. The molecule has 0 unspecified atom stereocenters. The van der Waals surface area contributed by atoms with Gasteiger partial charge < -0.3 is 4.90 Å². The van der Waals surface area contributed by atoms with E-state index in [1.807, 2.05) is 23.6 Å². The Morgan fingerprint density at radius 2 is 2.04 bits per heavy atom. The van der Waals surface area contributed by atoms with E-state index in [0.29, 0.717) is 13.3 Å². The molecular formula is C16H12IN3OS2. The molecule has 23 heavy (non-hydrogen) atoms. The molecule has 3 heterocycles. The number of anilines is 1. The van der Waals surface area contributed by atoms with Gasteiger partial charge >= 0.3 is 0 Å². The zero-order chi connectivity index (χ0) is 15.8. The standard InChI is InChI=1S/C16H12IN3OS2/c17-11-3-5-12(6-4-11)19-9-18-16-20(10-19)15(21)14(23-16)8-13-2-1-7-22-13/h1-8H,9-10H2. The summed E-state index contributed by atoms with van der Waals surface area (Å²) in [5, 5.41) is 2.01. The smallest absolute Gasteiger partial charge is 0.271 e. The lowest BCUT2D eigenvalue weighted by Crippen LogP contribution is -2.42. The van der Waals surface area contributed by atoms with Crippen LogP contribution in [-0.4, -0.2) is 11.2 Å². The third-order valence-corrected chi connectivity index (χ3v) is 6.17. The highest BCUT2D eigenvalue weighted by Gasteiger charge is 2.15. The van der Waals surface area contributed by atoms with Gasteiger partial charge in [-0.1, -0.05) is 17.4 Å². The van der Waals surface area contributed by atoms with Crippen LogP contribution in [0.1, 0.15) is 4.88 Å². The van der Waals surface area contributed by atoms with Crippen LogP contribution in [0.3, 0.4) is 0 Å². The van der Waals surface area contributed by atoms with Crippen LogP contribution in [0.2, 0.25) is 0 Å². The van der Waals surface area contributed by atoms with E-state index in [-0.39, 0.29) is 5.56 Å². The molecule has 1 aliphatic heterocycles. The van der Waals surface area contributed by atoms with Crippen LogP contribution < -0.4 is 19.8 Å². The maximum absolute atomic E-state index is 12.6. The molecule has 0 saturated carbocycles. The predicted molar refractivity (Wildman–Crippen MR) is 104 cm³/mol. The average molecular weight is 453 g/mol. The van der Waals surface area contributed by atoms with Crippen LogP contribution in [0, 0.1) is 3.57 Å². The van der Waals surface area contributed by atoms with E-state index in [0.717, 1.165) is 19.9 Å². The van der Waals surface area contributed by atoms with Crippen molar-refractivity contribution in [2.75, 3.05) is 11.6 Å². The Kier molecular flexibility index (Phi) is 4.08. The number of thiazole rings is 1. The van der Waals surface area contributed by atoms with Crippen molar-refractivity contribution < 1.29 is 0 Å². The summed E-state index contributed by atoms with van der Waals surface area (Å²) in [4.78, 5) is 21.2. The molecule has 4 nitrogen and oxygen atoms in total. The SMILES string of the molecule is O=c1c(=Cc2cccs2)sc2n1CN(c1ccc(I)cc1)CN=2. The van der Waals surface area contributed by atoms with Gasteiger partial charge in [-0.05, 0) is 64.4 Å². The molecule has 3 aromatic rings. The van der Waals surface area contributed by atoms with E-state index in [4.69, 9.17) is 0 Å². The van der Waals surface area contributed by atoms with Crippen LogP contribution in [0.5, 0.6) is 0 Å². The molecule has 0 amide bonds. The second kappa shape index (κ2) is 6.21. The lowest BCUT2D eigenvalue weighted by Gasteiger charge is -2.25. The summed E-state index contributed by atoms with van der Waals surface area (Å²) in [6.07, 6.45) is 1.95. The summed E-state index contributed by atoms with van der Waals surface area (Å²) < 4.78 is 3.70. The Labute approximate surface area is 154 Å². The second-order valence-electron chi connectivity index (χ2n) is 5.10. The van der Waals surface area contributed by atoms with Crippen LogP contribution >= 0.6 is 45.3 Å². The van der Waals surface area contributed by atoms with Crippen molar-refractivity contribution in [3.63, 3.8) is 0 Å². The molecule has 7 heteroatoms. The monoisotopic (exact) mass is 453 g/mol. The minimum absolute atomic E-state index is 0.0392. The molecule has 0 N–H and O–H groups in total. The van der Waals surface area contributed by atoms with Gasteiger partial charge in [-0.3, -0.25) is 9.36 Å². The van der Waals surface area contributed by atoms with Crippen molar-refractivity contribution >= 4 is 57.0 Å². The summed E-state index contributed by atoms with van der Waals surface area (Å²) >= 11 is 5.39. The van der Waals surface area contributed by atoms with Gasteiger partial charge in [-0.25, -0.2) is 4.99 Å². The number of fused-ring (bicyclic) bond motifs is 1. The topological polar surface area (TPSA) is 37.6 Å². The van der Waals surface area contributed by atoms with Gasteiger partial charge in [-0.15, -0.1) is 11.3 Å². The first-order valence-corrected chi connectivity index (χ1v) is 9.78. The van der Waals surface area contributed by atoms with E-state index >= 15 is 0 Å². The number of hydrogen-bond donors (Lipinski definition) is 0. The summed E-state index contributed by atoms with van der Waals surface area (Å²) in [6, 6.07) is 12.3. The van der Waals surface area contributed by atoms with E-state index < -0.39 is 0 Å². The summed E-state index contributed by atoms with van der Waals surface area (Å²) in [5.74, 6) is 0. The molecule has 0 saturated heterocycles. The first-order valence-electron chi connectivity index (χ1n) is 7.00. The van der Waals surface area contributed by atoms with Gasteiger partial charge in [0.05, 0.1) is 4.53 Å². The van der Waals surface area contributed by atoms with Crippen molar-refractivity contribution in [1.82, 2.24) is 4.57 Å². The van der Waals surface area contributed by atoms with Crippen LogP contribution in [0.15, 0.2) is 51.6 Å². The van der Waals surface area contributed by atoms with E-state index in [1.165, 1.54) is 14.9 Å². The normalized spacial score (nSPS) is 14.7. The zero-order valence-corrected chi connectivity index (χ0v) is 15.8. The highest BCUT2D eigenvalue weighted by molar-refractivity contribution is 14.1. The fraction of sp³-hybridized carbons (Fsp3) is 0.125. The van der Waals surface area contributed by atoms with Crippen LogP contribution in [0.25, 0.3) is 6.08 Å². The fourth-order valence-electron chi connectivity index (χ4n) is 2.43. The van der Waals surface area contributed by atoms with Crippen molar-refractivity contribution in [2.45, 2.75) is 6.67 Å². The van der Waals surface area contributed by atoms with Crippen LogP contribution in [-0.2, 0) is 6.67 Å². The summed E-state index contributed by atoms with van der Waals surface area (Å²) in [6.45, 7) is 1.13. The minimum Gasteiger partial charge on any atom is -0.334 e. The highest BCUT2D eigenvalue weighted by atomic mass is 127. The number of halogens is 1. The fourth-order valence-corrected chi connectivity index (χ4v) is 4.47. The van der Waals surface area contributed by atoms with Crippen LogP contribution in [0.4, 0.5) is 5.69 Å². The number of aromatic nitrogens is 1. The first-order chi connectivity index (χ1) is 11.2. The first kappa shape index (κ1) is 15.1. The molecule has 0 spiro atoms. The van der Waals surface area contributed by atoms with Crippen molar-refractivity contribution in [1.29, 1.82) is 0 Å². The largest absolute Gasteiger partial charge is 0.334 e.